The molecule has 1 saturated carbocycles. The third-order valence-corrected chi connectivity index (χ3v) is 7.82. The lowest BCUT2D eigenvalue weighted by molar-refractivity contribution is -0.216. The molecule has 0 bridgehead atoms. The van der Waals surface area contributed by atoms with Gasteiger partial charge in [-0.05, 0) is 65.9 Å². The zero-order valence-corrected chi connectivity index (χ0v) is 25.2. The lowest BCUT2D eigenvalue weighted by atomic mass is 9.74. The minimum atomic E-state index is -5.24. The van der Waals surface area contributed by atoms with Gasteiger partial charge >= 0.3 is 18.3 Å². The molecular formula is C28H35ClF6N4O4. The Kier molecular flexibility index (Phi) is 11.5. The predicted molar refractivity (Wildman–Crippen MR) is 147 cm³/mol. The lowest BCUT2D eigenvalue weighted by Gasteiger charge is -2.36. The van der Waals surface area contributed by atoms with Crippen molar-refractivity contribution >= 4 is 41.2 Å². The number of halogens is 7. The van der Waals surface area contributed by atoms with Gasteiger partial charge < -0.3 is 15.0 Å². The van der Waals surface area contributed by atoms with Crippen LogP contribution >= 0.6 is 11.6 Å². The first-order chi connectivity index (χ1) is 19.7. The number of esters is 1. The Hall–Kier alpha value is -3.03. The number of ketones is 1. The number of nitrogens with one attached hydrogen (secondary N) is 1. The Morgan fingerprint density at radius 2 is 1.77 bits per heavy atom. The summed E-state index contributed by atoms with van der Waals surface area (Å²) in [5.41, 5.74) is -5.14. The number of aliphatic imine (C=N–C) groups is 1. The minimum Gasteiger partial charge on any atom is -0.466 e. The van der Waals surface area contributed by atoms with Crippen molar-refractivity contribution in [1.29, 1.82) is 5.41 Å². The average molecular weight is 641 g/mol. The minimum absolute atomic E-state index is 0.0386. The fourth-order valence-corrected chi connectivity index (χ4v) is 5.10. The summed E-state index contributed by atoms with van der Waals surface area (Å²) < 4.78 is 89.5. The zero-order valence-electron chi connectivity index (χ0n) is 24.5. The Bertz CT molecular complexity index is 1220. The molecule has 0 aliphatic heterocycles. The van der Waals surface area contributed by atoms with Crippen LogP contribution in [-0.4, -0.2) is 77.6 Å². The van der Waals surface area contributed by atoms with Crippen LogP contribution in [-0.2, 0) is 14.3 Å². The van der Waals surface area contributed by atoms with Crippen molar-refractivity contribution in [2.75, 3.05) is 19.7 Å². The molecule has 1 N–H and O–H groups in total. The highest BCUT2D eigenvalue weighted by molar-refractivity contribution is 6.34. The van der Waals surface area contributed by atoms with Crippen LogP contribution in [0.5, 0.6) is 0 Å². The normalized spacial score (nSPS) is 20.7. The smallest absolute Gasteiger partial charge is 0.430 e. The third kappa shape index (κ3) is 8.76. The summed E-state index contributed by atoms with van der Waals surface area (Å²) >= 11 is 6.06. The molecule has 1 amide bonds. The second kappa shape index (κ2) is 13.7. The van der Waals surface area contributed by atoms with Crippen molar-refractivity contribution in [2.24, 2.45) is 21.7 Å². The van der Waals surface area contributed by atoms with Crippen LogP contribution in [0.4, 0.5) is 26.3 Å². The lowest BCUT2D eigenvalue weighted by Crippen LogP contribution is -2.52. The van der Waals surface area contributed by atoms with E-state index >= 15 is 0 Å². The van der Waals surface area contributed by atoms with Gasteiger partial charge in [-0.1, -0.05) is 11.6 Å². The molecule has 1 aliphatic rings. The van der Waals surface area contributed by atoms with E-state index in [0.717, 1.165) is 20.0 Å². The summed E-state index contributed by atoms with van der Waals surface area (Å²) in [4.78, 5) is 47.0. The van der Waals surface area contributed by atoms with Crippen LogP contribution in [0.25, 0.3) is 0 Å². The number of alkyl halides is 6. The van der Waals surface area contributed by atoms with E-state index < -0.39 is 71.6 Å². The summed E-state index contributed by atoms with van der Waals surface area (Å²) in [6.07, 6.45) is -7.22. The van der Waals surface area contributed by atoms with Gasteiger partial charge in [0.05, 0.1) is 35.0 Å². The largest absolute Gasteiger partial charge is 0.466 e. The van der Waals surface area contributed by atoms with Gasteiger partial charge in [0, 0.05) is 30.7 Å². The Morgan fingerprint density at radius 1 is 1.19 bits per heavy atom. The van der Waals surface area contributed by atoms with Crippen molar-refractivity contribution in [3.63, 3.8) is 0 Å². The van der Waals surface area contributed by atoms with Crippen LogP contribution in [0.2, 0.25) is 5.02 Å². The van der Waals surface area contributed by atoms with E-state index in [1.54, 1.807) is 13.8 Å². The molecule has 1 atom stereocenters. The Labute approximate surface area is 250 Å². The number of Topliss-reactive ketones (excluding diaryl/α,β-unsaturated/α-hetero) is 1. The van der Waals surface area contributed by atoms with Gasteiger partial charge in [-0.3, -0.25) is 24.4 Å². The molecule has 1 aromatic heterocycles. The summed E-state index contributed by atoms with van der Waals surface area (Å²) in [6, 6.07) is -0.977. The number of aryl methyl sites for hydroxylation is 1. The fourth-order valence-electron chi connectivity index (χ4n) is 4.78. The highest BCUT2D eigenvalue weighted by Gasteiger charge is 2.51. The average Bonchev–Trinajstić information content (AvgIpc) is 2.88. The number of nitrogens with zero attached hydrogens (tertiary/aromatic N) is 3. The van der Waals surface area contributed by atoms with E-state index in [1.807, 2.05) is 0 Å². The van der Waals surface area contributed by atoms with Crippen LogP contribution in [0.3, 0.4) is 0 Å². The maximum atomic E-state index is 14.3. The molecule has 0 radical (unpaired) electrons. The van der Waals surface area contributed by atoms with Crippen molar-refractivity contribution in [3.8, 4) is 0 Å². The summed E-state index contributed by atoms with van der Waals surface area (Å²) in [5, 5.41) is 7.54. The van der Waals surface area contributed by atoms with E-state index in [4.69, 9.17) is 21.7 Å². The van der Waals surface area contributed by atoms with Crippen molar-refractivity contribution in [3.05, 3.63) is 28.5 Å². The molecule has 1 heterocycles. The van der Waals surface area contributed by atoms with E-state index in [9.17, 15) is 40.7 Å². The molecule has 0 aromatic carbocycles. The van der Waals surface area contributed by atoms with Gasteiger partial charge in [0.1, 0.15) is 11.6 Å². The predicted octanol–water partition coefficient (Wildman–Crippen LogP) is 6.42. The molecule has 240 valence electrons. The SMILES string of the molecule is CCOC(=O)C1(C)CCC(N=C(C(C=N)C(=O)N(CC(=O)c2c(C)cncc2Cl)CC(C)(C)C(F)(F)F)C(F)(F)F)CC1. The number of carbonyl (C=O) groups is 3. The number of carbonyl (C=O) groups excluding carboxylic acids is 3. The molecule has 43 heavy (non-hydrogen) atoms. The second-order valence-electron chi connectivity index (χ2n) is 11.5. The highest BCUT2D eigenvalue weighted by atomic mass is 35.5. The maximum Gasteiger partial charge on any atom is 0.430 e. The van der Waals surface area contributed by atoms with Gasteiger partial charge in [0.25, 0.3) is 0 Å². The first-order valence-corrected chi connectivity index (χ1v) is 13.9. The molecule has 2 rings (SSSR count). The Morgan fingerprint density at radius 3 is 2.23 bits per heavy atom. The van der Waals surface area contributed by atoms with Gasteiger partial charge in [0.15, 0.2) is 5.78 Å². The molecule has 1 unspecified atom stereocenters. The van der Waals surface area contributed by atoms with Crippen LogP contribution in [0, 0.1) is 29.1 Å². The molecule has 1 aromatic rings. The van der Waals surface area contributed by atoms with E-state index in [1.165, 1.54) is 13.1 Å². The molecule has 1 aliphatic carbocycles. The number of amides is 1. The monoisotopic (exact) mass is 640 g/mol. The number of hydrogen-bond donors (Lipinski definition) is 1. The van der Waals surface area contributed by atoms with Gasteiger partial charge in [-0.15, -0.1) is 0 Å². The highest BCUT2D eigenvalue weighted by Crippen LogP contribution is 2.40. The number of pyridine rings is 1. The quantitative estimate of drug-likeness (QED) is 0.130. The number of ether oxygens (including phenoxy) is 1. The molecule has 0 spiro atoms. The van der Waals surface area contributed by atoms with Crippen LogP contribution in [0.1, 0.15) is 69.3 Å². The van der Waals surface area contributed by atoms with E-state index in [2.05, 4.69) is 9.98 Å². The maximum absolute atomic E-state index is 14.3. The van der Waals surface area contributed by atoms with Crippen LogP contribution < -0.4 is 0 Å². The van der Waals surface area contributed by atoms with Crippen molar-refractivity contribution in [2.45, 2.75) is 78.7 Å². The first-order valence-electron chi connectivity index (χ1n) is 13.5. The molecule has 8 nitrogen and oxygen atoms in total. The molecule has 0 saturated heterocycles. The number of hydrogen-bond acceptors (Lipinski definition) is 7. The summed E-state index contributed by atoms with van der Waals surface area (Å²) in [5.74, 6) is -5.38. The van der Waals surface area contributed by atoms with Crippen molar-refractivity contribution in [1.82, 2.24) is 9.88 Å². The molecule has 1 fully saturated rings. The van der Waals surface area contributed by atoms with Crippen molar-refractivity contribution < 1.29 is 45.5 Å². The number of rotatable bonds is 11. The van der Waals surface area contributed by atoms with Gasteiger partial charge in [-0.2, -0.15) is 26.3 Å². The fraction of sp³-hybridized carbons (Fsp3) is 0.643. The summed E-state index contributed by atoms with van der Waals surface area (Å²) in [7, 11) is 0. The number of aromatic nitrogens is 1. The Balaban J connectivity index is 2.49. The van der Waals surface area contributed by atoms with E-state index in [0.29, 0.717) is 4.90 Å². The van der Waals surface area contributed by atoms with Gasteiger partial charge in [-0.25, -0.2) is 0 Å². The third-order valence-electron chi connectivity index (χ3n) is 7.53. The standard InChI is InChI=1S/C28H35ClF6N4O4/c1-6-43-24(42)26(5)9-7-17(8-10-26)38-22(27(30,31)32)18(11-36)23(41)39(15-25(3,4)28(33,34)35)14-20(40)21-16(2)12-37-13-19(21)29/h11-13,17-18,36H,6-10,14-15H2,1-5H3. The second-order valence-corrected chi connectivity index (χ2v) is 11.9. The molecule has 15 heteroatoms. The summed E-state index contributed by atoms with van der Waals surface area (Å²) in [6.45, 7) is 4.10. The molecular weight excluding hydrogens is 606 g/mol. The zero-order chi connectivity index (χ0) is 33.0. The first kappa shape index (κ1) is 36.2. The van der Waals surface area contributed by atoms with Gasteiger partial charge in [0.2, 0.25) is 5.91 Å². The topological polar surface area (TPSA) is 113 Å². The van der Waals surface area contributed by atoms with Crippen LogP contribution in [0.15, 0.2) is 17.4 Å². The van der Waals surface area contributed by atoms with E-state index in [-0.39, 0.29) is 54.7 Å².